The fourth-order valence-electron chi connectivity index (χ4n) is 1.89. The van der Waals surface area contributed by atoms with Gasteiger partial charge >= 0.3 is 0 Å². The van der Waals surface area contributed by atoms with Gasteiger partial charge in [-0.3, -0.25) is 4.79 Å². The number of hydrogen-bond donors (Lipinski definition) is 1. The fourth-order valence-corrected chi connectivity index (χ4v) is 1.89. The molecule has 0 spiro atoms. The number of carbonyl (C=O) groups excluding carboxylic acids is 1. The van der Waals surface area contributed by atoms with Gasteiger partial charge in [0.15, 0.2) is 0 Å². The maximum Gasteiger partial charge on any atom is 0.280 e. The standard InChI is InChI=1S/C9H14N4O3/c1-5-6(3-4-15-5)13(2)9(14)7-8(10)12-16-11-7/h5-6H,3-4H2,1-2H3,(H2,10,12). The summed E-state index contributed by atoms with van der Waals surface area (Å²) in [5, 5.41) is 6.87. The topological polar surface area (TPSA) is 94.5 Å². The van der Waals surface area contributed by atoms with Crippen molar-refractivity contribution in [1.82, 2.24) is 15.2 Å². The summed E-state index contributed by atoms with van der Waals surface area (Å²) in [7, 11) is 1.70. The number of likely N-dealkylation sites (N-methyl/N-ethyl adjacent to an activating group) is 1. The van der Waals surface area contributed by atoms with E-state index in [-0.39, 0.29) is 29.6 Å². The summed E-state index contributed by atoms with van der Waals surface area (Å²) in [6.45, 7) is 2.60. The van der Waals surface area contributed by atoms with E-state index in [0.29, 0.717) is 6.61 Å². The Hall–Kier alpha value is -1.63. The number of ether oxygens (including phenoxy) is 1. The van der Waals surface area contributed by atoms with E-state index in [1.54, 1.807) is 11.9 Å². The third-order valence-corrected chi connectivity index (χ3v) is 2.87. The quantitative estimate of drug-likeness (QED) is 0.756. The van der Waals surface area contributed by atoms with Crippen molar-refractivity contribution < 1.29 is 14.2 Å². The first-order valence-electron chi connectivity index (χ1n) is 5.08. The van der Waals surface area contributed by atoms with Crippen LogP contribution in [0.2, 0.25) is 0 Å². The van der Waals surface area contributed by atoms with Crippen LogP contribution < -0.4 is 5.73 Å². The van der Waals surface area contributed by atoms with Crippen LogP contribution in [0.1, 0.15) is 23.8 Å². The number of nitrogens with zero attached hydrogens (tertiary/aromatic N) is 3. The molecule has 7 nitrogen and oxygen atoms in total. The number of anilines is 1. The molecule has 2 atom stereocenters. The minimum Gasteiger partial charge on any atom is -0.379 e. The molecule has 1 fully saturated rings. The highest BCUT2D eigenvalue weighted by Crippen LogP contribution is 2.20. The molecule has 2 N–H and O–H groups in total. The predicted molar refractivity (Wildman–Crippen MR) is 54.6 cm³/mol. The summed E-state index contributed by atoms with van der Waals surface area (Å²) in [5.74, 6) is -0.274. The third kappa shape index (κ3) is 1.73. The molecule has 7 heteroatoms. The second kappa shape index (κ2) is 4.09. The van der Waals surface area contributed by atoms with E-state index in [9.17, 15) is 4.79 Å². The fraction of sp³-hybridized carbons (Fsp3) is 0.667. The van der Waals surface area contributed by atoms with Crippen LogP contribution in [-0.4, -0.2) is 46.9 Å². The molecule has 16 heavy (non-hydrogen) atoms. The van der Waals surface area contributed by atoms with Crippen molar-refractivity contribution in [2.24, 2.45) is 0 Å². The largest absolute Gasteiger partial charge is 0.379 e. The van der Waals surface area contributed by atoms with Gasteiger partial charge in [0.05, 0.1) is 12.1 Å². The lowest BCUT2D eigenvalue weighted by molar-refractivity contribution is 0.0566. The van der Waals surface area contributed by atoms with Crippen LogP contribution in [0.5, 0.6) is 0 Å². The van der Waals surface area contributed by atoms with Gasteiger partial charge in [-0.25, -0.2) is 4.63 Å². The number of hydrogen-bond acceptors (Lipinski definition) is 6. The molecule has 1 saturated heterocycles. The molecule has 1 aromatic heterocycles. The Kier molecular flexibility index (Phi) is 2.78. The van der Waals surface area contributed by atoms with Gasteiger partial charge in [-0.05, 0) is 23.7 Å². The summed E-state index contributed by atoms with van der Waals surface area (Å²) in [5.41, 5.74) is 5.52. The molecular weight excluding hydrogens is 212 g/mol. The third-order valence-electron chi connectivity index (χ3n) is 2.87. The van der Waals surface area contributed by atoms with Gasteiger partial charge < -0.3 is 15.4 Å². The summed E-state index contributed by atoms with van der Waals surface area (Å²) in [6, 6.07) is 0.0450. The molecule has 0 aliphatic carbocycles. The SMILES string of the molecule is CC1OCCC1N(C)C(=O)c1nonc1N. The minimum atomic E-state index is -0.291. The van der Waals surface area contributed by atoms with E-state index < -0.39 is 0 Å². The highest BCUT2D eigenvalue weighted by molar-refractivity contribution is 5.96. The monoisotopic (exact) mass is 226 g/mol. The van der Waals surface area contributed by atoms with Crippen LogP contribution in [-0.2, 0) is 4.74 Å². The molecular formula is C9H14N4O3. The van der Waals surface area contributed by atoms with Crippen molar-refractivity contribution in [2.45, 2.75) is 25.5 Å². The van der Waals surface area contributed by atoms with Gasteiger partial charge in [0.2, 0.25) is 11.5 Å². The molecule has 0 saturated carbocycles. The molecule has 2 heterocycles. The van der Waals surface area contributed by atoms with Crippen molar-refractivity contribution in [3.05, 3.63) is 5.69 Å². The Morgan fingerprint density at radius 2 is 2.31 bits per heavy atom. The van der Waals surface area contributed by atoms with Crippen LogP contribution in [0.4, 0.5) is 5.82 Å². The Morgan fingerprint density at radius 1 is 1.56 bits per heavy atom. The smallest absolute Gasteiger partial charge is 0.280 e. The van der Waals surface area contributed by atoms with E-state index >= 15 is 0 Å². The Balaban J connectivity index is 2.13. The normalized spacial score (nSPS) is 24.6. The van der Waals surface area contributed by atoms with Gasteiger partial charge in [-0.15, -0.1) is 0 Å². The minimum absolute atomic E-state index is 0.0171. The average Bonchev–Trinajstić information content (AvgIpc) is 2.85. The lowest BCUT2D eigenvalue weighted by Crippen LogP contribution is -2.41. The molecule has 88 valence electrons. The average molecular weight is 226 g/mol. The first-order chi connectivity index (χ1) is 7.61. The van der Waals surface area contributed by atoms with E-state index in [2.05, 4.69) is 14.9 Å². The van der Waals surface area contributed by atoms with Crippen molar-refractivity contribution in [3.63, 3.8) is 0 Å². The zero-order valence-corrected chi connectivity index (χ0v) is 9.21. The lowest BCUT2D eigenvalue weighted by atomic mass is 10.1. The van der Waals surface area contributed by atoms with Crippen LogP contribution in [0.15, 0.2) is 4.63 Å². The van der Waals surface area contributed by atoms with Crippen LogP contribution in [0.3, 0.4) is 0 Å². The van der Waals surface area contributed by atoms with Crippen molar-refractivity contribution >= 4 is 11.7 Å². The maximum absolute atomic E-state index is 12.0. The molecule has 1 amide bonds. The first kappa shape index (κ1) is 10.9. The van der Waals surface area contributed by atoms with E-state index in [1.165, 1.54) is 0 Å². The number of carbonyl (C=O) groups is 1. The number of nitrogens with two attached hydrogens (primary N) is 1. The Morgan fingerprint density at radius 3 is 2.81 bits per heavy atom. The number of amides is 1. The summed E-state index contributed by atoms with van der Waals surface area (Å²) >= 11 is 0. The first-order valence-corrected chi connectivity index (χ1v) is 5.08. The number of aromatic nitrogens is 2. The second-order valence-corrected chi connectivity index (χ2v) is 3.85. The summed E-state index contributed by atoms with van der Waals surface area (Å²) in [4.78, 5) is 13.6. The van der Waals surface area contributed by atoms with E-state index in [0.717, 1.165) is 6.42 Å². The zero-order chi connectivity index (χ0) is 11.7. The van der Waals surface area contributed by atoms with Crippen molar-refractivity contribution in [3.8, 4) is 0 Å². The number of rotatable bonds is 2. The van der Waals surface area contributed by atoms with Crippen molar-refractivity contribution in [1.29, 1.82) is 0 Å². The zero-order valence-electron chi connectivity index (χ0n) is 9.21. The van der Waals surface area contributed by atoms with Crippen LogP contribution in [0, 0.1) is 0 Å². The Labute approximate surface area is 92.5 Å². The molecule has 1 aromatic rings. The highest BCUT2D eigenvalue weighted by Gasteiger charge is 2.33. The van der Waals surface area contributed by atoms with Crippen molar-refractivity contribution in [2.75, 3.05) is 19.4 Å². The molecule has 1 aliphatic heterocycles. The summed E-state index contributed by atoms with van der Waals surface area (Å²) in [6.07, 6.45) is 0.837. The van der Waals surface area contributed by atoms with Gasteiger partial charge in [-0.1, -0.05) is 0 Å². The summed E-state index contributed by atoms with van der Waals surface area (Å²) < 4.78 is 9.80. The van der Waals surface area contributed by atoms with Crippen LogP contribution >= 0.6 is 0 Å². The maximum atomic E-state index is 12.0. The molecule has 2 unspecified atom stereocenters. The highest BCUT2D eigenvalue weighted by atomic mass is 16.6. The molecule has 2 rings (SSSR count). The van der Waals surface area contributed by atoms with Gasteiger partial charge in [0.1, 0.15) is 0 Å². The van der Waals surface area contributed by atoms with Gasteiger partial charge in [-0.2, -0.15) is 0 Å². The number of nitrogen functional groups attached to an aromatic ring is 1. The van der Waals surface area contributed by atoms with Gasteiger partial charge in [0.25, 0.3) is 5.91 Å². The molecule has 0 radical (unpaired) electrons. The van der Waals surface area contributed by atoms with Gasteiger partial charge in [0, 0.05) is 13.7 Å². The predicted octanol–water partition coefficient (Wildman–Crippen LogP) is -0.0988. The second-order valence-electron chi connectivity index (χ2n) is 3.85. The molecule has 0 aromatic carbocycles. The lowest BCUT2D eigenvalue weighted by Gasteiger charge is -2.25. The molecule has 0 bridgehead atoms. The van der Waals surface area contributed by atoms with Crippen LogP contribution in [0.25, 0.3) is 0 Å². The molecule has 1 aliphatic rings. The van der Waals surface area contributed by atoms with E-state index in [1.807, 2.05) is 6.92 Å². The van der Waals surface area contributed by atoms with E-state index in [4.69, 9.17) is 10.5 Å². The Bertz CT molecular complexity index is 392.